The fourth-order valence-corrected chi connectivity index (χ4v) is 2.67. The SMILES string of the molecule is CCC(CC)N1C(=O)CNC1c1ccc([N+](=O)[O-])cc1. The maximum absolute atomic E-state index is 12.0. The molecule has 1 heterocycles. The summed E-state index contributed by atoms with van der Waals surface area (Å²) in [6.07, 6.45) is 1.61. The molecule has 6 nitrogen and oxygen atoms in total. The van der Waals surface area contributed by atoms with Gasteiger partial charge in [0.15, 0.2) is 0 Å². The molecule has 1 N–H and O–H groups in total. The zero-order chi connectivity index (χ0) is 14.7. The Kier molecular flexibility index (Phi) is 4.34. The van der Waals surface area contributed by atoms with Gasteiger partial charge in [-0.2, -0.15) is 0 Å². The average Bonchev–Trinajstić information content (AvgIpc) is 2.83. The summed E-state index contributed by atoms with van der Waals surface area (Å²) in [7, 11) is 0. The summed E-state index contributed by atoms with van der Waals surface area (Å²) < 4.78 is 0. The van der Waals surface area contributed by atoms with Gasteiger partial charge in [0, 0.05) is 18.2 Å². The fraction of sp³-hybridized carbons (Fsp3) is 0.500. The van der Waals surface area contributed by atoms with E-state index in [-0.39, 0.29) is 23.8 Å². The van der Waals surface area contributed by atoms with E-state index in [1.54, 1.807) is 12.1 Å². The number of non-ortho nitro benzene ring substituents is 1. The summed E-state index contributed by atoms with van der Waals surface area (Å²) >= 11 is 0. The van der Waals surface area contributed by atoms with Crippen LogP contribution in [0, 0.1) is 10.1 Å². The Labute approximate surface area is 117 Å². The number of hydrogen-bond donors (Lipinski definition) is 1. The van der Waals surface area contributed by atoms with Crippen molar-refractivity contribution in [3.8, 4) is 0 Å². The van der Waals surface area contributed by atoms with Crippen LogP contribution in [0.3, 0.4) is 0 Å². The standard InChI is InChI=1S/C14H19N3O3/c1-3-11(4-2)16-13(18)9-15-14(16)10-5-7-12(8-6-10)17(19)20/h5-8,11,14-15H,3-4,9H2,1-2H3. The molecule has 6 heteroatoms. The van der Waals surface area contributed by atoms with E-state index in [2.05, 4.69) is 19.2 Å². The quantitative estimate of drug-likeness (QED) is 0.661. The van der Waals surface area contributed by atoms with Crippen LogP contribution in [0.2, 0.25) is 0 Å². The third kappa shape index (κ3) is 2.65. The highest BCUT2D eigenvalue weighted by molar-refractivity contribution is 5.81. The second-order valence-corrected chi connectivity index (χ2v) is 4.90. The molecule has 0 aliphatic carbocycles. The molecule has 1 aromatic rings. The van der Waals surface area contributed by atoms with Crippen LogP contribution in [0.5, 0.6) is 0 Å². The topological polar surface area (TPSA) is 75.5 Å². The van der Waals surface area contributed by atoms with Gasteiger partial charge in [0.1, 0.15) is 6.17 Å². The predicted molar refractivity (Wildman–Crippen MR) is 75.1 cm³/mol. The number of carbonyl (C=O) groups is 1. The van der Waals surface area contributed by atoms with E-state index in [1.807, 2.05) is 4.90 Å². The van der Waals surface area contributed by atoms with Gasteiger partial charge < -0.3 is 4.90 Å². The zero-order valence-electron chi connectivity index (χ0n) is 11.7. The van der Waals surface area contributed by atoms with Gasteiger partial charge >= 0.3 is 0 Å². The zero-order valence-corrected chi connectivity index (χ0v) is 11.7. The summed E-state index contributed by atoms with van der Waals surface area (Å²) in [5.41, 5.74) is 0.945. The lowest BCUT2D eigenvalue weighted by Crippen LogP contribution is -2.39. The van der Waals surface area contributed by atoms with Crippen LogP contribution in [0.1, 0.15) is 38.4 Å². The Balaban J connectivity index is 2.26. The highest BCUT2D eigenvalue weighted by atomic mass is 16.6. The lowest BCUT2D eigenvalue weighted by Gasteiger charge is -2.31. The number of hydrogen-bond acceptors (Lipinski definition) is 4. The fourth-order valence-electron chi connectivity index (χ4n) is 2.67. The molecule has 0 aromatic heterocycles. The third-order valence-corrected chi connectivity index (χ3v) is 3.77. The molecule has 1 aromatic carbocycles. The van der Waals surface area contributed by atoms with Crippen LogP contribution >= 0.6 is 0 Å². The van der Waals surface area contributed by atoms with E-state index < -0.39 is 4.92 Å². The lowest BCUT2D eigenvalue weighted by molar-refractivity contribution is -0.384. The number of nitro benzene ring substituents is 1. The van der Waals surface area contributed by atoms with Crippen molar-refractivity contribution in [2.24, 2.45) is 0 Å². The van der Waals surface area contributed by atoms with Gasteiger partial charge in [0.05, 0.1) is 11.5 Å². The van der Waals surface area contributed by atoms with Gasteiger partial charge in [0.25, 0.3) is 5.69 Å². The van der Waals surface area contributed by atoms with Crippen LogP contribution in [0.15, 0.2) is 24.3 Å². The first kappa shape index (κ1) is 14.5. The Morgan fingerprint density at radius 2 is 1.95 bits per heavy atom. The number of nitro groups is 1. The number of rotatable bonds is 5. The van der Waals surface area contributed by atoms with E-state index in [0.717, 1.165) is 18.4 Å². The molecule has 2 rings (SSSR count). The van der Waals surface area contributed by atoms with E-state index in [9.17, 15) is 14.9 Å². The number of carbonyl (C=O) groups excluding carboxylic acids is 1. The predicted octanol–water partition coefficient (Wildman–Crippen LogP) is 2.21. The van der Waals surface area contributed by atoms with E-state index >= 15 is 0 Å². The van der Waals surface area contributed by atoms with Crippen LogP contribution in [0.25, 0.3) is 0 Å². The van der Waals surface area contributed by atoms with Crippen molar-refractivity contribution in [2.75, 3.05) is 6.54 Å². The molecule has 1 atom stereocenters. The first-order valence-electron chi connectivity index (χ1n) is 6.87. The Hall–Kier alpha value is -1.95. The minimum absolute atomic E-state index is 0.0622. The third-order valence-electron chi connectivity index (χ3n) is 3.77. The second-order valence-electron chi connectivity index (χ2n) is 4.90. The van der Waals surface area contributed by atoms with Crippen LogP contribution in [0.4, 0.5) is 5.69 Å². The molecule has 0 spiro atoms. The number of amides is 1. The van der Waals surface area contributed by atoms with Crippen molar-refractivity contribution in [1.82, 2.24) is 10.2 Å². The summed E-state index contributed by atoms with van der Waals surface area (Å²) in [6.45, 7) is 4.44. The maximum Gasteiger partial charge on any atom is 0.269 e. The summed E-state index contributed by atoms with van der Waals surface area (Å²) in [4.78, 5) is 24.2. The molecule has 20 heavy (non-hydrogen) atoms. The summed E-state index contributed by atoms with van der Waals surface area (Å²) in [5.74, 6) is 0.0852. The van der Waals surface area contributed by atoms with Crippen molar-refractivity contribution in [3.05, 3.63) is 39.9 Å². The summed E-state index contributed by atoms with van der Waals surface area (Å²) in [5, 5.41) is 13.9. The van der Waals surface area contributed by atoms with Gasteiger partial charge in [-0.1, -0.05) is 13.8 Å². The van der Waals surface area contributed by atoms with Crippen LogP contribution < -0.4 is 5.32 Å². The van der Waals surface area contributed by atoms with Crippen molar-refractivity contribution < 1.29 is 9.72 Å². The maximum atomic E-state index is 12.0. The monoisotopic (exact) mass is 277 g/mol. The van der Waals surface area contributed by atoms with Gasteiger partial charge in [-0.3, -0.25) is 20.2 Å². The van der Waals surface area contributed by atoms with Gasteiger partial charge in [0.2, 0.25) is 5.91 Å². The molecule has 0 radical (unpaired) electrons. The first-order chi connectivity index (χ1) is 9.58. The molecule has 1 amide bonds. The lowest BCUT2D eigenvalue weighted by atomic mass is 10.1. The van der Waals surface area contributed by atoms with Crippen molar-refractivity contribution in [1.29, 1.82) is 0 Å². The van der Waals surface area contributed by atoms with Crippen molar-refractivity contribution >= 4 is 11.6 Å². The smallest absolute Gasteiger partial charge is 0.269 e. The summed E-state index contributed by atoms with van der Waals surface area (Å²) in [6, 6.07) is 6.57. The molecule has 1 aliphatic rings. The van der Waals surface area contributed by atoms with E-state index in [4.69, 9.17) is 0 Å². The van der Waals surface area contributed by atoms with E-state index in [1.165, 1.54) is 12.1 Å². The number of nitrogens with one attached hydrogen (secondary N) is 1. The molecule has 1 saturated heterocycles. The Morgan fingerprint density at radius 3 is 2.45 bits per heavy atom. The van der Waals surface area contributed by atoms with Gasteiger partial charge in [-0.25, -0.2) is 0 Å². The molecular formula is C14H19N3O3. The van der Waals surface area contributed by atoms with Crippen molar-refractivity contribution in [2.45, 2.75) is 38.9 Å². The number of benzene rings is 1. The molecule has 1 unspecified atom stereocenters. The molecular weight excluding hydrogens is 258 g/mol. The highest BCUT2D eigenvalue weighted by Crippen LogP contribution is 2.28. The average molecular weight is 277 g/mol. The number of nitrogens with zero attached hydrogens (tertiary/aromatic N) is 2. The van der Waals surface area contributed by atoms with Crippen LogP contribution in [-0.4, -0.2) is 28.3 Å². The molecule has 1 fully saturated rings. The van der Waals surface area contributed by atoms with Gasteiger partial charge in [-0.05, 0) is 30.5 Å². The van der Waals surface area contributed by atoms with Gasteiger partial charge in [-0.15, -0.1) is 0 Å². The largest absolute Gasteiger partial charge is 0.319 e. The minimum atomic E-state index is -0.421. The normalized spacial score (nSPS) is 18.9. The van der Waals surface area contributed by atoms with E-state index in [0.29, 0.717) is 6.54 Å². The minimum Gasteiger partial charge on any atom is -0.319 e. The molecule has 108 valence electrons. The van der Waals surface area contributed by atoms with Crippen molar-refractivity contribution in [3.63, 3.8) is 0 Å². The van der Waals surface area contributed by atoms with Crippen LogP contribution in [-0.2, 0) is 4.79 Å². The highest BCUT2D eigenvalue weighted by Gasteiger charge is 2.35. The molecule has 0 bridgehead atoms. The Morgan fingerprint density at radius 1 is 1.35 bits per heavy atom. The first-order valence-corrected chi connectivity index (χ1v) is 6.87. The Bertz CT molecular complexity index is 497. The second kappa shape index (κ2) is 6.00. The molecule has 1 aliphatic heterocycles. The molecule has 0 saturated carbocycles.